The first-order valence-electron chi connectivity index (χ1n) is 8.74. The van der Waals surface area contributed by atoms with Gasteiger partial charge in [-0.2, -0.15) is 0 Å². The van der Waals surface area contributed by atoms with E-state index in [1.807, 2.05) is 25.1 Å². The van der Waals surface area contributed by atoms with Gasteiger partial charge in [-0.1, -0.05) is 13.0 Å². The van der Waals surface area contributed by atoms with Gasteiger partial charge >= 0.3 is 5.97 Å². The van der Waals surface area contributed by atoms with Crippen LogP contribution < -0.4 is 0 Å². The Bertz CT molecular complexity index is 585. The fourth-order valence-electron chi connectivity index (χ4n) is 3.07. The summed E-state index contributed by atoms with van der Waals surface area (Å²) in [6, 6.07) is 5.88. The van der Waals surface area contributed by atoms with Crippen molar-refractivity contribution in [2.75, 3.05) is 26.3 Å². The molecule has 1 aliphatic rings. The van der Waals surface area contributed by atoms with Crippen molar-refractivity contribution in [3.05, 3.63) is 34.9 Å². The first-order chi connectivity index (χ1) is 11.5. The molecule has 0 heterocycles. The third-order valence-electron chi connectivity index (χ3n) is 4.47. The van der Waals surface area contributed by atoms with E-state index < -0.39 is 11.9 Å². The topological polar surface area (TPSA) is 66.8 Å². The van der Waals surface area contributed by atoms with Gasteiger partial charge in [0.2, 0.25) is 0 Å². The molecule has 2 rings (SSSR count). The molecule has 0 fully saturated rings. The van der Waals surface area contributed by atoms with Crippen molar-refractivity contribution < 1.29 is 19.4 Å². The molecule has 5 nitrogen and oxygen atoms in total. The average molecular weight is 333 g/mol. The lowest BCUT2D eigenvalue weighted by molar-refractivity contribution is -0.141. The Balaban J connectivity index is 2.08. The Kier molecular flexibility index (Phi) is 6.79. The van der Waals surface area contributed by atoms with Gasteiger partial charge in [-0.05, 0) is 55.9 Å². The summed E-state index contributed by atoms with van der Waals surface area (Å²) in [4.78, 5) is 25.7. The van der Waals surface area contributed by atoms with Crippen molar-refractivity contribution in [3.8, 4) is 0 Å². The lowest BCUT2D eigenvalue weighted by Crippen LogP contribution is -2.38. The van der Waals surface area contributed by atoms with Crippen LogP contribution in [-0.4, -0.2) is 48.2 Å². The van der Waals surface area contributed by atoms with E-state index in [0.29, 0.717) is 31.7 Å². The summed E-state index contributed by atoms with van der Waals surface area (Å²) in [7, 11) is 0. The lowest BCUT2D eigenvalue weighted by atomic mass is 10.0. The van der Waals surface area contributed by atoms with Crippen LogP contribution in [0.2, 0.25) is 0 Å². The molecule has 24 heavy (non-hydrogen) atoms. The molecule has 1 unspecified atom stereocenters. The second kappa shape index (κ2) is 8.83. The van der Waals surface area contributed by atoms with Crippen molar-refractivity contribution in [3.63, 3.8) is 0 Å². The number of carbonyl (C=O) groups is 2. The fourth-order valence-corrected chi connectivity index (χ4v) is 3.07. The van der Waals surface area contributed by atoms with E-state index in [0.717, 1.165) is 19.3 Å². The Morgan fingerprint density at radius 1 is 1.29 bits per heavy atom. The van der Waals surface area contributed by atoms with Crippen LogP contribution in [0.15, 0.2) is 18.2 Å². The molecule has 0 saturated heterocycles. The maximum absolute atomic E-state index is 12.9. The van der Waals surface area contributed by atoms with Crippen molar-refractivity contribution in [1.29, 1.82) is 0 Å². The van der Waals surface area contributed by atoms with Crippen molar-refractivity contribution in [2.24, 2.45) is 5.92 Å². The quantitative estimate of drug-likeness (QED) is 0.706. The Morgan fingerprint density at radius 2 is 2.04 bits per heavy atom. The van der Waals surface area contributed by atoms with Crippen LogP contribution in [0.3, 0.4) is 0 Å². The van der Waals surface area contributed by atoms with E-state index in [4.69, 9.17) is 9.84 Å². The Hall–Kier alpha value is -1.88. The molecule has 1 atom stereocenters. The molecule has 1 aromatic rings. The van der Waals surface area contributed by atoms with Crippen LogP contribution in [0.5, 0.6) is 0 Å². The normalized spacial score (nSPS) is 14.2. The minimum atomic E-state index is -0.883. The molecular weight excluding hydrogens is 306 g/mol. The highest BCUT2D eigenvalue weighted by atomic mass is 16.5. The summed E-state index contributed by atoms with van der Waals surface area (Å²) in [5.41, 5.74) is 3.24. The van der Waals surface area contributed by atoms with Gasteiger partial charge in [-0.3, -0.25) is 9.59 Å². The highest BCUT2D eigenvalue weighted by Gasteiger charge is 2.22. The number of carboxylic acid groups (broad SMARTS) is 1. The molecule has 1 N–H and O–H groups in total. The van der Waals surface area contributed by atoms with Gasteiger partial charge in [0.25, 0.3) is 5.91 Å². The molecular formula is C19H27NO4. The minimum Gasteiger partial charge on any atom is -0.481 e. The predicted molar refractivity (Wildman–Crippen MR) is 92.3 cm³/mol. The number of aryl methyl sites for hydroxylation is 2. The number of fused-ring (bicyclic) bond motifs is 1. The molecule has 0 aliphatic heterocycles. The number of carboxylic acids is 1. The van der Waals surface area contributed by atoms with Gasteiger partial charge < -0.3 is 14.7 Å². The zero-order chi connectivity index (χ0) is 17.5. The smallest absolute Gasteiger partial charge is 0.308 e. The van der Waals surface area contributed by atoms with Crippen LogP contribution >= 0.6 is 0 Å². The van der Waals surface area contributed by atoms with Crippen molar-refractivity contribution in [2.45, 2.75) is 39.5 Å². The van der Waals surface area contributed by atoms with Crippen molar-refractivity contribution >= 4 is 11.9 Å². The average Bonchev–Trinajstić information content (AvgIpc) is 3.04. The summed E-state index contributed by atoms with van der Waals surface area (Å²) in [6.45, 7) is 5.51. The number of hydrogen-bond donors (Lipinski definition) is 1. The second-order valence-electron chi connectivity index (χ2n) is 6.38. The molecule has 0 aromatic heterocycles. The molecule has 0 spiro atoms. The van der Waals surface area contributed by atoms with Gasteiger partial charge in [0.05, 0.1) is 5.92 Å². The van der Waals surface area contributed by atoms with E-state index in [2.05, 4.69) is 0 Å². The van der Waals surface area contributed by atoms with Crippen LogP contribution in [0.1, 0.15) is 48.2 Å². The number of ether oxygens (including phenoxy) is 1. The van der Waals surface area contributed by atoms with E-state index in [-0.39, 0.29) is 12.5 Å². The SMILES string of the molecule is CCOCCCN(CC(C)C(=O)O)C(=O)c1ccc2c(c1)CCC2. The van der Waals surface area contributed by atoms with Crippen LogP contribution in [-0.2, 0) is 22.4 Å². The molecule has 5 heteroatoms. The zero-order valence-corrected chi connectivity index (χ0v) is 14.6. The number of aliphatic carboxylic acids is 1. The Labute approximate surface area is 143 Å². The highest BCUT2D eigenvalue weighted by Crippen LogP contribution is 2.23. The fraction of sp³-hybridized carbons (Fsp3) is 0.579. The number of rotatable bonds is 9. The summed E-state index contributed by atoms with van der Waals surface area (Å²) in [5, 5.41) is 9.16. The lowest BCUT2D eigenvalue weighted by Gasteiger charge is -2.25. The molecule has 132 valence electrons. The van der Waals surface area contributed by atoms with Gasteiger partial charge in [-0.25, -0.2) is 0 Å². The monoisotopic (exact) mass is 333 g/mol. The largest absolute Gasteiger partial charge is 0.481 e. The van der Waals surface area contributed by atoms with Crippen LogP contribution in [0.4, 0.5) is 0 Å². The summed E-state index contributed by atoms with van der Waals surface area (Å²) in [6.07, 6.45) is 3.95. The predicted octanol–water partition coefficient (Wildman–Crippen LogP) is 2.76. The molecule has 1 aliphatic carbocycles. The molecule has 1 amide bonds. The molecule has 0 radical (unpaired) electrons. The van der Waals surface area contributed by atoms with E-state index in [9.17, 15) is 9.59 Å². The van der Waals surface area contributed by atoms with Crippen molar-refractivity contribution in [1.82, 2.24) is 4.90 Å². The number of benzene rings is 1. The third-order valence-corrected chi connectivity index (χ3v) is 4.47. The second-order valence-corrected chi connectivity index (χ2v) is 6.38. The Morgan fingerprint density at radius 3 is 2.75 bits per heavy atom. The first-order valence-corrected chi connectivity index (χ1v) is 8.74. The number of nitrogens with zero attached hydrogens (tertiary/aromatic N) is 1. The van der Waals surface area contributed by atoms with Gasteiger partial charge in [0.15, 0.2) is 0 Å². The van der Waals surface area contributed by atoms with E-state index >= 15 is 0 Å². The zero-order valence-electron chi connectivity index (χ0n) is 14.6. The van der Waals surface area contributed by atoms with Crippen LogP contribution in [0, 0.1) is 5.92 Å². The van der Waals surface area contributed by atoms with E-state index in [1.165, 1.54) is 11.1 Å². The number of amides is 1. The highest BCUT2D eigenvalue weighted by molar-refractivity contribution is 5.94. The maximum atomic E-state index is 12.9. The summed E-state index contributed by atoms with van der Waals surface area (Å²) >= 11 is 0. The summed E-state index contributed by atoms with van der Waals surface area (Å²) in [5.74, 6) is -1.56. The first kappa shape index (κ1) is 18.5. The van der Waals surface area contributed by atoms with Gasteiger partial charge in [-0.15, -0.1) is 0 Å². The molecule has 0 bridgehead atoms. The summed E-state index contributed by atoms with van der Waals surface area (Å²) < 4.78 is 5.33. The number of hydrogen-bond acceptors (Lipinski definition) is 3. The van der Waals surface area contributed by atoms with Gasteiger partial charge in [0.1, 0.15) is 0 Å². The van der Waals surface area contributed by atoms with Gasteiger partial charge in [0, 0.05) is 31.9 Å². The molecule has 1 aromatic carbocycles. The minimum absolute atomic E-state index is 0.0886. The number of carbonyl (C=O) groups excluding carboxylic acids is 1. The van der Waals surface area contributed by atoms with E-state index in [1.54, 1.807) is 11.8 Å². The van der Waals surface area contributed by atoms with Crippen LogP contribution in [0.25, 0.3) is 0 Å². The molecule has 0 saturated carbocycles. The standard InChI is InChI=1S/C19H27NO4/c1-3-24-11-5-10-20(13-14(2)19(22)23)18(21)17-9-8-15-6-4-7-16(15)12-17/h8-9,12,14H,3-7,10-11,13H2,1-2H3,(H,22,23). The third kappa shape index (κ3) is 4.81. The maximum Gasteiger partial charge on any atom is 0.308 e.